The van der Waals surface area contributed by atoms with E-state index >= 15 is 0 Å². The number of amides is 1. The van der Waals surface area contributed by atoms with Gasteiger partial charge in [-0.15, -0.1) is 11.3 Å². The predicted molar refractivity (Wildman–Crippen MR) is 106 cm³/mol. The maximum atomic E-state index is 12.5. The zero-order valence-electron chi connectivity index (χ0n) is 13.9. The van der Waals surface area contributed by atoms with E-state index < -0.39 is 0 Å². The van der Waals surface area contributed by atoms with Crippen molar-refractivity contribution in [2.75, 3.05) is 5.32 Å². The van der Waals surface area contributed by atoms with E-state index in [-0.39, 0.29) is 11.8 Å². The minimum atomic E-state index is -0.282. The van der Waals surface area contributed by atoms with E-state index in [4.69, 9.17) is 11.6 Å². The molecular formula is C19H15ClN4OS. The summed E-state index contributed by atoms with van der Waals surface area (Å²) < 4.78 is 0. The number of imidazole rings is 1. The van der Waals surface area contributed by atoms with Crippen molar-refractivity contribution in [2.45, 2.75) is 12.8 Å². The van der Waals surface area contributed by atoms with Crippen LogP contribution in [-0.2, 0) is 4.79 Å². The average molecular weight is 383 g/mol. The van der Waals surface area contributed by atoms with Gasteiger partial charge in [-0.05, 0) is 42.8 Å². The van der Waals surface area contributed by atoms with Gasteiger partial charge in [0.1, 0.15) is 5.69 Å². The van der Waals surface area contributed by atoms with Crippen molar-refractivity contribution < 1.29 is 4.79 Å². The maximum Gasteiger partial charge on any atom is 0.231 e. The van der Waals surface area contributed by atoms with Gasteiger partial charge < -0.3 is 10.3 Å². The third-order valence-electron chi connectivity index (χ3n) is 4.19. The summed E-state index contributed by atoms with van der Waals surface area (Å²) in [4.78, 5) is 24.6. The van der Waals surface area contributed by atoms with Crippen LogP contribution in [0.2, 0.25) is 5.02 Å². The molecule has 0 bridgehead atoms. The van der Waals surface area contributed by atoms with Gasteiger partial charge in [-0.25, -0.2) is 9.97 Å². The van der Waals surface area contributed by atoms with Gasteiger partial charge in [-0.1, -0.05) is 23.7 Å². The van der Waals surface area contributed by atoms with Crippen molar-refractivity contribution in [2.24, 2.45) is 0 Å². The fraction of sp³-hybridized carbons (Fsp3) is 0.105. The number of hydrogen-bond acceptors (Lipinski definition) is 4. The molecular weight excluding hydrogens is 368 g/mol. The number of rotatable bonds is 4. The van der Waals surface area contributed by atoms with Crippen molar-refractivity contribution in [3.8, 4) is 11.5 Å². The molecule has 0 saturated carbocycles. The fourth-order valence-electron chi connectivity index (χ4n) is 2.69. The van der Waals surface area contributed by atoms with Crippen molar-refractivity contribution in [1.82, 2.24) is 15.0 Å². The third kappa shape index (κ3) is 3.34. The number of carbonyl (C=O) groups is 1. The lowest BCUT2D eigenvalue weighted by atomic mass is 10.0. The normalized spacial score (nSPS) is 12.2. The number of H-pyrrole nitrogens is 1. The van der Waals surface area contributed by atoms with Gasteiger partial charge in [0, 0.05) is 16.1 Å². The Morgan fingerprint density at radius 2 is 2.04 bits per heavy atom. The second-order valence-corrected chi connectivity index (χ2v) is 7.11. The van der Waals surface area contributed by atoms with Crippen LogP contribution in [0.25, 0.3) is 22.6 Å². The summed E-state index contributed by atoms with van der Waals surface area (Å²) in [6.07, 6.45) is 0. The number of anilines is 1. The lowest BCUT2D eigenvalue weighted by Gasteiger charge is -2.12. The summed E-state index contributed by atoms with van der Waals surface area (Å²) >= 11 is 7.43. The van der Waals surface area contributed by atoms with Gasteiger partial charge in [-0.2, -0.15) is 0 Å². The molecule has 0 fully saturated rings. The van der Waals surface area contributed by atoms with Gasteiger partial charge in [0.05, 0.1) is 22.5 Å². The van der Waals surface area contributed by atoms with Crippen molar-refractivity contribution in [3.63, 3.8) is 0 Å². The molecule has 2 aromatic carbocycles. The summed E-state index contributed by atoms with van der Waals surface area (Å²) in [5.41, 5.74) is 5.90. The molecule has 0 saturated heterocycles. The van der Waals surface area contributed by atoms with E-state index in [1.165, 1.54) is 11.3 Å². The Balaban J connectivity index is 1.55. The fourth-order valence-corrected chi connectivity index (χ4v) is 3.35. The number of fused-ring (bicyclic) bond motifs is 1. The van der Waals surface area contributed by atoms with Gasteiger partial charge in [-0.3, -0.25) is 4.79 Å². The van der Waals surface area contributed by atoms with E-state index in [9.17, 15) is 4.79 Å². The second kappa shape index (κ2) is 6.90. The van der Waals surface area contributed by atoms with Crippen molar-refractivity contribution >= 4 is 45.6 Å². The first kappa shape index (κ1) is 16.8. The van der Waals surface area contributed by atoms with E-state index in [2.05, 4.69) is 20.3 Å². The monoisotopic (exact) mass is 382 g/mol. The molecule has 26 heavy (non-hydrogen) atoms. The van der Waals surface area contributed by atoms with Crippen LogP contribution in [0.15, 0.2) is 53.4 Å². The molecule has 1 atom stereocenters. The summed E-state index contributed by atoms with van der Waals surface area (Å²) in [6, 6.07) is 12.9. The molecule has 4 rings (SSSR count). The molecule has 7 heteroatoms. The van der Waals surface area contributed by atoms with Crippen molar-refractivity contribution in [3.05, 3.63) is 63.9 Å². The summed E-state index contributed by atoms with van der Waals surface area (Å²) in [5.74, 6) is 0.362. The standard InChI is InChI=1S/C19H15ClN4OS/c1-11(12-2-4-13(20)5-3-12)19(25)22-14-6-7-15-16(8-14)24-18(23-15)17-9-26-10-21-17/h2-11H,1H3,(H,22,25)(H,23,24). The number of thiazole rings is 1. The molecule has 1 unspecified atom stereocenters. The third-order valence-corrected chi connectivity index (χ3v) is 5.03. The molecule has 0 aliphatic rings. The van der Waals surface area contributed by atoms with Crippen LogP contribution < -0.4 is 5.32 Å². The van der Waals surface area contributed by atoms with Crippen LogP contribution in [0.1, 0.15) is 18.4 Å². The Bertz CT molecular complexity index is 1060. The molecule has 2 aromatic heterocycles. The number of benzene rings is 2. The molecule has 130 valence electrons. The Hall–Kier alpha value is -2.70. The van der Waals surface area contributed by atoms with Crippen molar-refractivity contribution in [1.29, 1.82) is 0 Å². The number of nitrogens with one attached hydrogen (secondary N) is 2. The lowest BCUT2D eigenvalue weighted by molar-refractivity contribution is -0.117. The van der Waals surface area contributed by atoms with E-state index in [1.807, 2.05) is 42.6 Å². The zero-order valence-corrected chi connectivity index (χ0v) is 15.4. The van der Waals surface area contributed by atoms with Crippen LogP contribution >= 0.6 is 22.9 Å². The molecule has 0 radical (unpaired) electrons. The number of hydrogen-bond donors (Lipinski definition) is 2. The number of nitrogens with zero attached hydrogens (tertiary/aromatic N) is 2. The highest BCUT2D eigenvalue weighted by atomic mass is 35.5. The first-order valence-electron chi connectivity index (χ1n) is 8.05. The molecule has 5 nitrogen and oxygen atoms in total. The first-order chi connectivity index (χ1) is 12.6. The summed E-state index contributed by atoms with van der Waals surface area (Å²) in [6.45, 7) is 1.87. The number of carbonyl (C=O) groups excluding carboxylic acids is 1. The van der Waals surface area contributed by atoms with Crippen LogP contribution in [0.4, 0.5) is 5.69 Å². The van der Waals surface area contributed by atoms with Crippen LogP contribution in [0.3, 0.4) is 0 Å². The lowest BCUT2D eigenvalue weighted by Crippen LogP contribution is -2.18. The minimum absolute atomic E-state index is 0.0779. The summed E-state index contributed by atoms with van der Waals surface area (Å²) in [7, 11) is 0. The van der Waals surface area contributed by atoms with Gasteiger partial charge in [0.25, 0.3) is 0 Å². The van der Waals surface area contributed by atoms with E-state index in [1.54, 1.807) is 17.6 Å². The molecule has 0 aliphatic heterocycles. The summed E-state index contributed by atoms with van der Waals surface area (Å²) in [5, 5.41) is 5.55. The Kier molecular flexibility index (Phi) is 4.44. The van der Waals surface area contributed by atoms with E-state index in [0.717, 1.165) is 33.8 Å². The smallest absolute Gasteiger partial charge is 0.231 e. The van der Waals surface area contributed by atoms with Crippen LogP contribution in [0.5, 0.6) is 0 Å². The molecule has 0 aliphatic carbocycles. The van der Waals surface area contributed by atoms with Gasteiger partial charge in [0.2, 0.25) is 5.91 Å². The zero-order chi connectivity index (χ0) is 18.1. The maximum absolute atomic E-state index is 12.5. The molecule has 2 heterocycles. The topological polar surface area (TPSA) is 70.7 Å². The predicted octanol–water partition coefficient (Wildman–Crippen LogP) is 5.08. The second-order valence-electron chi connectivity index (χ2n) is 5.95. The molecule has 1 amide bonds. The Labute approximate surface area is 159 Å². The number of halogens is 1. The van der Waals surface area contributed by atoms with E-state index in [0.29, 0.717) is 5.02 Å². The highest BCUT2D eigenvalue weighted by Crippen LogP contribution is 2.24. The quantitative estimate of drug-likeness (QED) is 0.517. The highest BCUT2D eigenvalue weighted by molar-refractivity contribution is 7.07. The first-order valence-corrected chi connectivity index (χ1v) is 9.37. The molecule has 4 aromatic rings. The van der Waals surface area contributed by atoms with Crippen LogP contribution in [-0.4, -0.2) is 20.9 Å². The number of aromatic amines is 1. The minimum Gasteiger partial charge on any atom is -0.337 e. The largest absolute Gasteiger partial charge is 0.337 e. The average Bonchev–Trinajstić information content (AvgIpc) is 3.30. The number of aromatic nitrogens is 3. The molecule has 0 spiro atoms. The molecule has 2 N–H and O–H groups in total. The van der Waals surface area contributed by atoms with Crippen LogP contribution in [0, 0.1) is 0 Å². The van der Waals surface area contributed by atoms with Gasteiger partial charge >= 0.3 is 0 Å². The highest BCUT2D eigenvalue weighted by Gasteiger charge is 2.16. The van der Waals surface area contributed by atoms with Gasteiger partial charge in [0.15, 0.2) is 5.82 Å². The SMILES string of the molecule is CC(C(=O)Nc1ccc2nc(-c3cscn3)[nH]c2c1)c1ccc(Cl)cc1. The Morgan fingerprint density at radius 3 is 2.77 bits per heavy atom. The Morgan fingerprint density at radius 1 is 1.23 bits per heavy atom.